The normalized spacial score (nSPS) is 10.9. The Morgan fingerprint density at radius 3 is 2.79 bits per heavy atom. The second-order valence-corrected chi connectivity index (χ2v) is 6.51. The van der Waals surface area contributed by atoms with Crippen molar-refractivity contribution < 1.29 is 4.74 Å². The highest BCUT2D eigenvalue weighted by Crippen LogP contribution is 2.31. The van der Waals surface area contributed by atoms with Crippen molar-refractivity contribution in [1.29, 1.82) is 0 Å². The van der Waals surface area contributed by atoms with Gasteiger partial charge in [0.25, 0.3) is 0 Å². The fourth-order valence-corrected chi connectivity index (χ4v) is 3.13. The highest BCUT2D eigenvalue weighted by Gasteiger charge is 2.10. The molecule has 1 aromatic carbocycles. The molecule has 0 saturated carbocycles. The first-order valence-electron chi connectivity index (χ1n) is 5.43. The SMILES string of the molecule is COc1ccc2c(Cl)nc(-c3csc(Br)c3)nc2c1. The van der Waals surface area contributed by atoms with Crippen LogP contribution in [0.1, 0.15) is 0 Å². The first kappa shape index (κ1) is 12.8. The van der Waals surface area contributed by atoms with E-state index in [4.69, 9.17) is 16.3 Å². The Hall–Kier alpha value is -1.17. The van der Waals surface area contributed by atoms with Crippen LogP contribution in [-0.4, -0.2) is 17.1 Å². The molecule has 0 aliphatic rings. The molecular formula is C13H8BrClN2OS. The van der Waals surface area contributed by atoms with Crippen LogP contribution in [0.2, 0.25) is 5.15 Å². The fraction of sp³-hybridized carbons (Fsp3) is 0.0769. The lowest BCUT2D eigenvalue weighted by Gasteiger charge is -2.05. The second-order valence-electron chi connectivity index (χ2n) is 3.86. The largest absolute Gasteiger partial charge is 0.497 e. The standard InChI is InChI=1S/C13H8BrClN2OS/c1-18-8-2-3-9-10(5-8)16-13(17-12(9)15)7-4-11(14)19-6-7/h2-6H,1H3. The summed E-state index contributed by atoms with van der Waals surface area (Å²) in [6.07, 6.45) is 0. The molecule has 2 heterocycles. The predicted molar refractivity (Wildman–Crippen MR) is 82.1 cm³/mol. The molecule has 0 amide bonds. The maximum Gasteiger partial charge on any atom is 0.162 e. The number of fused-ring (bicyclic) bond motifs is 1. The van der Waals surface area contributed by atoms with Gasteiger partial charge in [0, 0.05) is 22.4 Å². The van der Waals surface area contributed by atoms with Crippen LogP contribution >= 0.6 is 38.9 Å². The summed E-state index contributed by atoms with van der Waals surface area (Å²) in [5.74, 6) is 1.37. The summed E-state index contributed by atoms with van der Waals surface area (Å²) < 4.78 is 6.24. The summed E-state index contributed by atoms with van der Waals surface area (Å²) in [6.45, 7) is 0. The summed E-state index contributed by atoms with van der Waals surface area (Å²) in [5.41, 5.74) is 1.72. The van der Waals surface area contributed by atoms with Gasteiger partial charge in [-0.25, -0.2) is 9.97 Å². The number of benzene rings is 1. The molecule has 3 aromatic rings. The van der Waals surface area contributed by atoms with Gasteiger partial charge < -0.3 is 4.74 Å². The lowest BCUT2D eigenvalue weighted by molar-refractivity contribution is 0.415. The molecule has 0 atom stereocenters. The van der Waals surface area contributed by atoms with Gasteiger partial charge in [0.15, 0.2) is 5.82 Å². The van der Waals surface area contributed by atoms with Crippen LogP contribution in [0.15, 0.2) is 33.4 Å². The third-order valence-corrected chi connectivity index (χ3v) is 4.48. The third-order valence-electron chi connectivity index (χ3n) is 2.68. The lowest BCUT2D eigenvalue weighted by Crippen LogP contribution is -1.91. The molecule has 19 heavy (non-hydrogen) atoms. The number of aromatic nitrogens is 2. The zero-order valence-electron chi connectivity index (χ0n) is 9.85. The molecule has 0 unspecified atom stereocenters. The maximum absolute atomic E-state index is 6.21. The van der Waals surface area contributed by atoms with Crippen LogP contribution in [0.5, 0.6) is 5.75 Å². The molecule has 0 radical (unpaired) electrons. The summed E-state index contributed by atoms with van der Waals surface area (Å²) >= 11 is 11.2. The minimum absolute atomic E-state index is 0.449. The van der Waals surface area contributed by atoms with E-state index in [9.17, 15) is 0 Å². The summed E-state index contributed by atoms with van der Waals surface area (Å²) in [6, 6.07) is 7.54. The number of hydrogen-bond acceptors (Lipinski definition) is 4. The average molecular weight is 356 g/mol. The van der Waals surface area contributed by atoms with Gasteiger partial charge in [0.1, 0.15) is 10.9 Å². The topological polar surface area (TPSA) is 35.0 Å². The highest BCUT2D eigenvalue weighted by molar-refractivity contribution is 9.11. The van der Waals surface area contributed by atoms with Gasteiger partial charge in [0.05, 0.1) is 16.4 Å². The molecule has 0 fully saturated rings. The van der Waals surface area contributed by atoms with Crippen LogP contribution < -0.4 is 4.74 Å². The molecule has 3 nitrogen and oxygen atoms in total. The molecular weight excluding hydrogens is 348 g/mol. The first-order chi connectivity index (χ1) is 9.17. The second kappa shape index (κ2) is 5.07. The quantitative estimate of drug-likeness (QED) is 0.620. The highest BCUT2D eigenvalue weighted by atomic mass is 79.9. The van der Waals surface area contributed by atoms with Gasteiger partial charge >= 0.3 is 0 Å². The van der Waals surface area contributed by atoms with Crippen molar-refractivity contribution in [3.63, 3.8) is 0 Å². The third kappa shape index (κ3) is 2.45. The lowest BCUT2D eigenvalue weighted by atomic mass is 10.2. The molecule has 0 saturated heterocycles. The summed E-state index contributed by atoms with van der Waals surface area (Å²) in [5, 5.41) is 3.26. The van der Waals surface area contributed by atoms with Crippen molar-refractivity contribution in [2.75, 3.05) is 7.11 Å². The number of nitrogens with zero attached hydrogens (tertiary/aromatic N) is 2. The molecule has 0 spiro atoms. The number of thiophene rings is 1. The Labute approximate surface area is 127 Å². The van der Waals surface area contributed by atoms with Crippen molar-refractivity contribution in [2.24, 2.45) is 0 Å². The minimum atomic E-state index is 0.449. The van der Waals surface area contributed by atoms with Crippen molar-refractivity contribution in [3.8, 4) is 17.1 Å². The van der Waals surface area contributed by atoms with Crippen LogP contribution in [0.4, 0.5) is 0 Å². The Bertz CT molecular complexity index is 759. The van der Waals surface area contributed by atoms with Crippen molar-refractivity contribution in [3.05, 3.63) is 38.6 Å². The number of hydrogen-bond donors (Lipinski definition) is 0. The van der Waals surface area contributed by atoms with Gasteiger partial charge in [-0.3, -0.25) is 0 Å². The van der Waals surface area contributed by atoms with E-state index in [0.717, 1.165) is 26.0 Å². The molecule has 0 aliphatic carbocycles. The van der Waals surface area contributed by atoms with Gasteiger partial charge in [-0.1, -0.05) is 11.6 Å². The Morgan fingerprint density at radius 2 is 2.11 bits per heavy atom. The zero-order chi connectivity index (χ0) is 13.4. The molecule has 0 bridgehead atoms. The predicted octanol–water partition coefficient (Wildman–Crippen LogP) is 4.78. The molecule has 96 valence electrons. The van der Waals surface area contributed by atoms with Crippen LogP contribution in [0, 0.1) is 0 Å². The molecule has 3 rings (SSSR count). The van der Waals surface area contributed by atoms with E-state index >= 15 is 0 Å². The number of halogens is 2. The van der Waals surface area contributed by atoms with E-state index in [1.165, 1.54) is 0 Å². The summed E-state index contributed by atoms with van der Waals surface area (Å²) in [7, 11) is 1.63. The van der Waals surface area contributed by atoms with E-state index in [1.54, 1.807) is 18.4 Å². The number of rotatable bonds is 2. The van der Waals surface area contributed by atoms with Crippen molar-refractivity contribution >= 4 is 49.8 Å². The average Bonchev–Trinajstić information content (AvgIpc) is 2.84. The van der Waals surface area contributed by atoms with Crippen molar-refractivity contribution in [1.82, 2.24) is 9.97 Å². The smallest absolute Gasteiger partial charge is 0.162 e. The van der Waals surface area contributed by atoms with Crippen molar-refractivity contribution in [2.45, 2.75) is 0 Å². The van der Waals surface area contributed by atoms with Gasteiger partial charge in [-0.2, -0.15) is 0 Å². The maximum atomic E-state index is 6.21. The van der Waals surface area contributed by atoms with Crippen LogP contribution in [0.3, 0.4) is 0 Å². The summed E-state index contributed by atoms with van der Waals surface area (Å²) in [4.78, 5) is 8.88. The van der Waals surface area contributed by atoms with E-state index in [2.05, 4.69) is 25.9 Å². The van der Waals surface area contributed by atoms with Crippen LogP contribution in [0.25, 0.3) is 22.3 Å². The van der Waals surface area contributed by atoms with E-state index < -0.39 is 0 Å². The molecule has 2 aromatic heterocycles. The minimum Gasteiger partial charge on any atom is -0.497 e. The van der Waals surface area contributed by atoms with Gasteiger partial charge in [-0.15, -0.1) is 11.3 Å². The molecule has 0 N–H and O–H groups in total. The molecule has 6 heteroatoms. The van der Waals surface area contributed by atoms with Gasteiger partial charge in [0.2, 0.25) is 0 Å². The Morgan fingerprint density at radius 1 is 1.26 bits per heavy atom. The Balaban J connectivity index is 2.22. The number of ether oxygens (including phenoxy) is 1. The monoisotopic (exact) mass is 354 g/mol. The van der Waals surface area contributed by atoms with E-state index in [0.29, 0.717) is 11.0 Å². The van der Waals surface area contributed by atoms with E-state index in [-0.39, 0.29) is 0 Å². The molecule has 0 aliphatic heterocycles. The van der Waals surface area contributed by atoms with Crippen LogP contribution in [-0.2, 0) is 0 Å². The zero-order valence-corrected chi connectivity index (χ0v) is 13.0. The first-order valence-corrected chi connectivity index (χ1v) is 7.48. The van der Waals surface area contributed by atoms with Gasteiger partial charge in [-0.05, 0) is 34.1 Å². The van der Waals surface area contributed by atoms with E-state index in [1.807, 2.05) is 29.6 Å². The number of methoxy groups -OCH3 is 1. The fourth-order valence-electron chi connectivity index (χ4n) is 1.75. The Kier molecular flexibility index (Phi) is 3.43.